The Morgan fingerprint density at radius 1 is 0.564 bits per heavy atom. The van der Waals surface area contributed by atoms with Crippen molar-refractivity contribution in [3.8, 4) is 0 Å². The van der Waals surface area contributed by atoms with Gasteiger partial charge in [-0.25, -0.2) is 28.0 Å². The van der Waals surface area contributed by atoms with E-state index < -0.39 is 11.2 Å². The number of rotatable bonds is 10. The number of ether oxygens (including phenoxy) is 4. The summed E-state index contributed by atoms with van der Waals surface area (Å²) >= 11 is 0. The number of anilines is 1. The first kappa shape index (κ1) is 55.9. The zero-order valence-corrected chi connectivity index (χ0v) is 46.3. The van der Waals surface area contributed by atoms with E-state index in [1.807, 2.05) is 124 Å². The lowest BCUT2D eigenvalue weighted by Crippen LogP contribution is -2.48. The number of carbonyl (C=O) groups is 4. The molecular weight excluding hydrogens is 995 g/mol. The maximum Gasteiger partial charge on any atom is 0.410 e. The quantitative estimate of drug-likeness (QED) is 0.126. The van der Waals surface area contributed by atoms with Crippen molar-refractivity contribution in [2.24, 2.45) is 0 Å². The van der Waals surface area contributed by atoms with Crippen molar-refractivity contribution in [1.82, 2.24) is 24.2 Å². The van der Waals surface area contributed by atoms with E-state index in [4.69, 9.17) is 18.9 Å². The summed E-state index contributed by atoms with van der Waals surface area (Å²) in [7, 11) is 0. The molecule has 1 aromatic heterocycles. The second-order valence-electron chi connectivity index (χ2n) is 23.7. The first-order valence-corrected chi connectivity index (χ1v) is 28.1. The average Bonchev–Trinajstić information content (AvgIpc) is 4.24. The zero-order chi connectivity index (χ0) is 55.1. The fraction of sp³-hybridized carbons (Fsp3) is 0.516. The summed E-state index contributed by atoms with van der Waals surface area (Å²) in [6, 6.07) is 30.0. The maximum atomic E-state index is 14.4. The Hall–Kier alpha value is -6.84. The second-order valence-corrected chi connectivity index (χ2v) is 23.7. The average molecular weight is 1070 g/mol. The van der Waals surface area contributed by atoms with Crippen molar-refractivity contribution in [2.75, 3.05) is 50.7 Å². The van der Waals surface area contributed by atoms with E-state index in [0.717, 1.165) is 103 Å². The lowest BCUT2D eigenvalue weighted by molar-refractivity contribution is 0.0184. The molecular formula is C62H78F2N6O8. The molecule has 0 radical (unpaired) electrons. The number of hydrogen-bond donors (Lipinski definition) is 0. The summed E-state index contributed by atoms with van der Waals surface area (Å²) in [5.41, 5.74) is 4.95. The largest absolute Gasteiger partial charge is 0.445 e. The van der Waals surface area contributed by atoms with Crippen LogP contribution in [0.15, 0.2) is 103 Å². The summed E-state index contributed by atoms with van der Waals surface area (Å²) in [5.74, 6) is -0.304. The van der Waals surface area contributed by atoms with Gasteiger partial charge < -0.3 is 48.0 Å². The van der Waals surface area contributed by atoms with E-state index in [1.54, 1.807) is 28.0 Å². The van der Waals surface area contributed by atoms with Crippen LogP contribution < -0.4 is 4.90 Å². The third-order valence-corrected chi connectivity index (χ3v) is 15.7. The number of likely N-dealkylation sites (tertiary alicyclic amines) is 4. The van der Waals surface area contributed by atoms with Crippen LogP contribution in [0.2, 0.25) is 0 Å². The highest BCUT2D eigenvalue weighted by Gasteiger charge is 2.40. The molecule has 5 aromatic rings. The SMILES string of the molecule is CC(C)(C)OC(=O)N1CCC(N2CC(C[C@@H]3CCCN3C(=O)OCc3ccccc3)c3ccc(F)cc32)CC1.CC(C)(C)OC(=O)N1CCC(n2cc(C[C@@H]3CCCN3C(=O)OCc3ccccc3)c3ccc(F)cc32)CC1. The number of hydrogen-bond acceptors (Lipinski definition) is 9. The molecule has 10 rings (SSSR count). The highest BCUT2D eigenvalue weighted by molar-refractivity contribution is 5.84. The molecule has 16 heteroatoms. The van der Waals surface area contributed by atoms with E-state index >= 15 is 0 Å². The minimum absolute atomic E-state index is 0.0337. The summed E-state index contributed by atoms with van der Waals surface area (Å²) in [4.78, 5) is 60.6. The van der Waals surface area contributed by atoms with Crippen LogP contribution in [0.5, 0.6) is 0 Å². The van der Waals surface area contributed by atoms with Gasteiger partial charge in [-0.3, -0.25) is 0 Å². The van der Waals surface area contributed by atoms with Gasteiger partial charge in [0.05, 0.1) is 5.52 Å². The van der Waals surface area contributed by atoms with E-state index in [0.29, 0.717) is 45.7 Å². The number of carbonyl (C=O) groups excluding carboxylic acids is 4. The van der Waals surface area contributed by atoms with Gasteiger partial charge >= 0.3 is 24.4 Å². The molecule has 4 saturated heterocycles. The van der Waals surface area contributed by atoms with Crippen LogP contribution >= 0.6 is 0 Å². The van der Waals surface area contributed by atoms with Gasteiger partial charge in [0.2, 0.25) is 0 Å². The van der Waals surface area contributed by atoms with Crippen LogP contribution in [0.4, 0.5) is 33.6 Å². The third-order valence-electron chi connectivity index (χ3n) is 15.7. The first-order valence-electron chi connectivity index (χ1n) is 28.1. The number of fused-ring (bicyclic) bond motifs is 2. The molecule has 5 aliphatic heterocycles. The van der Waals surface area contributed by atoms with Crippen molar-refractivity contribution in [2.45, 2.75) is 160 Å². The highest BCUT2D eigenvalue weighted by Crippen LogP contribution is 2.44. The maximum absolute atomic E-state index is 14.4. The Bertz CT molecular complexity index is 2850. The fourth-order valence-electron chi connectivity index (χ4n) is 12.0. The number of piperidine rings is 2. The van der Waals surface area contributed by atoms with E-state index in [2.05, 4.69) is 15.7 Å². The van der Waals surface area contributed by atoms with E-state index in [1.165, 1.54) is 6.07 Å². The van der Waals surface area contributed by atoms with Gasteiger partial charge in [0.25, 0.3) is 0 Å². The van der Waals surface area contributed by atoms with Crippen molar-refractivity contribution < 1.29 is 46.9 Å². The number of benzene rings is 4. The van der Waals surface area contributed by atoms with Crippen molar-refractivity contribution in [1.29, 1.82) is 0 Å². The van der Waals surface area contributed by atoms with Crippen LogP contribution in [-0.4, -0.2) is 124 Å². The van der Waals surface area contributed by atoms with Crippen molar-refractivity contribution in [3.63, 3.8) is 0 Å². The standard InChI is InChI=1S/C31H40FN3O4.C31H38FN3O4/c2*1-31(2,3)39-29(36)33-16-13-25(14-17-33)35-20-23(27-12-11-24(32)19-28(27)35)18-26-10-7-15-34(26)30(37)38-21-22-8-5-4-6-9-22/h4-6,8-9,11-12,19,23,25-26H,7,10,13-18,20-21H2,1-3H3;4-6,8-9,11-12,19-20,25-26H,7,10,13-18,21H2,1-3H3/t23?,26-;26-/m00/s1. The second kappa shape index (κ2) is 24.4. The van der Waals surface area contributed by atoms with Gasteiger partial charge in [0, 0.05) is 93.2 Å². The molecule has 78 heavy (non-hydrogen) atoms. The van der Waals surface area contributed by atoms with Gasteiger partial charge in [-0.05, 0) is 158 Å². The van der Waals surface area contributed by atoms with Crippen molar-refractivity contribution >= 4 is 41.0 Å². The molecule has 418 valence electrons. The van der Waals surface area contributed by atoms with Gasteiger partial charge in [-0.1, -0.05) is 66.7 Å². The lowest BCUT2D eigenvalue weighted by atomic mass is 9.93. The topological polar surface area (TPSA) is 126 Å². The van der Waals surface area contributed by atoms with Gasteiger partial charge in [-0.2, -0.15) is 0 Å². The van der Waals surface area contributed by atoms with E-state index in [9.17, 15) is 28.0 Å². The number of nitrogens with zero attached hydrogens (tertiary/aromatic N) is 6. The predicted octanol–water partition coefficient (Wildman–Crippen LogP) is 13.0. The first-order chi connectivity index (χ1) is 37.4. The number of halogens is 2. The molecule has 3 atom stereocenters. The summed E-state index contributed by atoms with van der Waals surface area (Å²) in [6.07, 6.45) is 9.43. The monoisotopic (exact) mass is 1070 g/mol. The molecule has 0 aliphatic carbocycles. The van der Waals surface area contributed by atoms with Crippen LogP contribution in [0.3, 0.4) is 0 Å². The molecule has 0 N–H and O–H groups in total. The molecule has 1 unspecified atom stereocenters. The van der Waals surface area contributed by atoms with Gasteiger partial charge in [0.1, 0.15) is 36.1 Å². The lowest BCUT2D eigenvalue weighted by Gasteiger charge is -2.38. The Kier molecular flexibility index (Phi) is 17.5. The molecule has 0 saturated carbocycles. The molecule has 0 bridgehead atoms. The molecule has 14 nitrogen and oxygen atoms in total. The normalized spacial score (nSPS) is 20.1. The van der Waals surface area contributed by atoms with Gasteiger partial charge in [-0.15, -0.1) is 0 Å². The van der Waals surface area contributed by atoms with E-state index in [-0.39, 0.29) is 79.3 Å². The fourth-order valence-corrected chi connectivity index (χ4v) is 12.0. The smallest absolute Gasteiger partial charge is 0.410 e. The van der Waals surface area contributed by atoms with Crippen LogP contribution in [0.1, 0.15) is 134 Å². The van der Waals surface area contributed by atoms with Crippen LogP contribution in [0, 0.1) is 11.6 Å². The van der Waals surface area contributed by atoms with Crippen LogP contribution in [-0.2, 0) is 38.6 Å². The zero-order valence-electron chi connectivity index (χ0n) is 46.3. The minimum Gasteiger partial charge on any atom is -0.445 e. The van der Waals surface area contributed by atoms with Gasteiger partial charge in [0.15, 0.2) is 0 Å². The molecule has 4 fully saturated rings. The predicted molar refractivity (Wildman–Crippen MR) is 296 cm³/mol. The number of amides is 4. The molecule has 6 heterocycles. The number of aromatic nitrogens is 1. The molecule has 5 aliphatic rings. The minimum atomic E-state index is -0.529. The Labute approximate surface area is 458 Å². The Morgan fingerprint density at radius 3 is 1.62 bits per heavy atom. The molecule has 4 amide bonds. The summed E-state index contributed by atoms with van der Waals surface area (Å²) < 4.78 is 53.3. The highest BCUT2D eigenvalue weighted by atomic mass is 19.1. The summed E-state index contributed by atoms with van der Waals surface area (Å²) in [6.45, 7) is 16.4. The third kappa shape index (κ3) is 14.1. The van der Waals surface area contributed by atoms with Crippen molar-refractivity contribution in [3.05, 3.63) is 137 Å². The Morgan fingerprint density at radius 2 is 1.06 bits per heavy atom. The van der Waals surface area contributed by atoms with Crippen LogP contribution in [0.25, 0.3) is 10.9 Å². The molecule has 0 spiro atoms. The molecule has 4 aromatic carbocycles. The summed E-state index contributed by atoms with van der Waals surface area (Å²) in [5, 5.41) is 1.01. The Balaban J connectivity index is 0.000000190.